The molecule has 2 rings (SSSR count). The molecule has 2 amide bonds. The number of benzene rings is 1. The normalized spacial score (nSPS) is 15.4. The highest BCUT2D eigenvalue weighted by Crippen LogP contribution is 2.23. The quantitative estimate of drug-likeness (QED) is 0.796. The minimum atomic E-state index is -0.516. The molecule has 24 heavy (non-hydrogen) atoms. The molecule has 0 spiro atoms. The molecule has 132 valence electrons. The largest absolute Gasteiger partial charge is 0.444 e. The fourth-order valence-electron chi connectivity index (χ4n) is 2.40. The molecule has 0 aliphatic carbocycles. The number of nitrogens with zero attached hydrogens (tertiary/aromatic N) is 2. The van der Waals surface area contributed by atoms with Gasteiger partial charge in [-0.15, -0.1) is 0 Å². The second-order valence-electron chi connectivity index (χ2n) is 6.77. The van der Waals surface area contributed by atoms with Crippen molar-refractivity contribution >= 4 is 35.2 Å². The summed E-state index contributed by atoms with van der Waals surface area (Å²) in [6.45, 7) is 7.45. The van der Waals surface area contributed by atoms with Gasteiger partial charge in [0.15, 0.2) is 0 Å². The molecule has 1 fully saturated rings. The van der Waals surface area contributed by atoms with E-state index in [1.807, 2.05) is 20.8 Å². The molecule has 1 aromatic rings. The van der Waals surface area contributed by atoms with Crippen LogP contribution in [-0.2, 0) is 16.0 Å². The molecule has 1 saturated heterocycles. The second-order valence-corrected chi connectivity index (χ2v) is 7.59. The summed E-state index contributed by atoms with van der Waals surface area (Å²) in [6.07, 6.45) is -0.0670. The third-order valence-corrected chi connectivity index (χ3v) is 4.36. The highest BCUT2D eigenvalue weighted by molar-refractivity contribution is 6.42. The Morgan fingerprint density at radius 2 is 1.62 bits per heavy atom. The van der Waals surface area contributed by atoms with E-state index in [0.717, 1.165) is 5.56 Å². The summed E-state index contributed by atoms with van der Waals surface area (Å²) in [6, 6.07) is 5.19. The minimum Gasteiger partial charge on any atom is -0.444 e. The minimum absolute atomic E-state index is 0.0113. The summed E-state index contributed by atoms with van der Waals surface area (Å²) in [5.41, 5.74) is 0.307. The van der Waals surface area contributed by atoms with Crippen molar-refractivity contribution in [2.75, 3.05) is 26.2 Å². The summed E-state index contributed by atoms with van der Waals surface area (Å²) in [5.74, 6) is 0.0113. The van der Waals surface area contributed by atoms with Crippen LogP contribution in [-0.4, -0.2) is 53.6 Å². The van der Waals surface area contributed by atoms with Crippen molar-refractivity contribution < 1.29 is 14.3 Å². The molecule has 0 radical (unpaired) electrons. The molecule has 0 unspecified atom stereocenters. The van der Waals surface area contributed by atoms with E-state index in [4.69, 9.17) is 27.9 Å². The zero-order chi connectivity index (χ0) is 17.9. The Morgan fingerprint density at radius 3 is 2.17 bits per heavy atom. The summed E-state index contributed by atoms with van der Waals surface area (Å²) in [7, 11) is 0. The molecule has 5 nitrogen and oxygen atoms in total. The van der Waals surface area contributed by atoms with Crippen LogP contribution in [0.4, 0.5) is 4.79 Å². The Labute approximate surface area is 152 Å². The van der Waals surface area contributed by atoms with Crippen molar-refractivity contribution in [3.8, 4) is 0 Å². The second kappa shape index (κ2) is 7.62. The summed E-state index contributed by atoms with van der Waals surface area (Å²) < 4.78 is 5.35. The van der Waals surface area contributed by atoms with Gasteiger partial charge in [0.25, 0.3) is 0 Å². The Bertz CT molecular complexity index is 621. The van der Waals surface area contributed by atoms with Crippen molar-refractivity contribution in [3.05, 3.63) is 33.8 Å². The van der Waals surface area contributed by atoms with Crippen molar-refractivity contribution in [1.29, 1.82) is 0 Å². The smallest absolute Gasteiger partial charge is 0.410 e. The van der Waals surface area contributed by atoms with Gasteiger partial charge in [-0.25, -0.2) is 4.79 Å². The van der Waals surface area contributed by atoms with Gasteiger partial charge in [0.1, 0.15) is 5.60 Å². The van der Waals surface area contributed by atoms with E-state index >= 15 is 0 Å². The zero-order valence-electron chi connectivity index (χ0n) is 14.1. The van der Waals surface area contributed by atoms with Crippen LogP contribution in [0, 0.1) is 0 Å². The third kappa shape index (κ3) is 5.28. The first-order chi connectivity index (χ1) is 11.2. The van der Waals surface area contributed by atoms with Gasteiger partial charge in [-0.2, -0.15) is 0 Å². The van der Waals surface area contributed by atoms with E-state index in [-0.39, 0.29) is 18.4 Å². The van der Waals surface area contributed by atoms with E-state index in [0.29, 0.717) is 36.2 Å². The first kappa shape index (κ1) is 18.9. The van der Waals surface area contributed by atoms with E-state index in [2.05, 4.69) is 0 Å². The summed E-state index contributed by atoms with van der Waals surface area (Å²) in [5, 5.41) is 0.913. The van der Waals surface area contributed by atoms with E-state index in [9.17, 15) is 9.59 Å². The highest BCUT2D eigenvalue weighted by atomic mass is 35.5. The number of piperazine rings is 1. The molecule has 1 heterocycles. The third-order valence-electron chi connectivity index (χ3n) is 3.62. The average Bonchev–Trinajstić information content (AvgIpc) is 2.49. The molecule has 0 bridgehead atoms. The predicted octanol–water partition coefficient (Wildman–Crippen LogP) is 3.62. The number of amides is 2. The number of hydrogen-bond acceptors (Lipinski definition) is 3. The van der Waals surface area contributed by atoms with Gasteiger partial charge < -0.3 is 14.5 Å². The molecule has 0 saturated carbocycles. The topological polar surface area (TPSA) is 49.9 Å². The Balaban J connectivity index is 1.86. The van der Waals surface area contributed by atoms with Crippen LogP contribution in [0.25, 0.3) is 0 Å². The predicted molar refractivity (Wildman–Crippen MR) is 94.6 cm³/mol. The number of carbonyl (C=O) groups is 2. The zero-order valence-corrected chi connectivity index (χ0v) is 15.7. The number of hydrogen-bond donors (Lipinski definition) is 0. The highest BCUT2D eigenvalue weighted by Gasteiger charge is 2.27. The van der Waals surface area contributed by atoms with Gasteiger partial charge in [0.05, 0.1) is 16.5 Å². The Hall–Kier alpha value is -1.46. The lowest BCUT2D eigenvalue weighted by Crippen LogP contribution is -2.51. The molecule has 1 aliphatic heterocycles. The Morgan fingerprint density at radius 1 is 1.04 bits per heavy atom. The van der Waals surface area contributed by atoms with Crippen LogP contribution in [0.15, 0.2) is 18.2 Å². The Kier molecular flexibility index (Phi) is 5.99. The number of ether oxygens (including phenoxy) is 1. The molecule has 1 aliphatic rings. The van der Waals surface area contributed by atoms with Crippen LogP contribution in [0.2, 0.25) is 10.0 Å². The molecule has 0 N–H and O–H groups in total. The monoisotopic (exact) mass is 372 g/mol. The average molecular weight is 373 g/mol. The van der Waals surface area contributed by atoms with Crippen LogP contribution >= 0.6 is 23.2 Å². The van der Waals surface area contributed by atoms with Crippen LogP contribution < -0.4 is 0 Å². The van der Waals surface area contributed by atoms with Gasteiger partial charge in [0.2, 0.25) is 5.91 Å². The molecule has 0 atom stereocenters. The van der Waals surface area contributed by atoms with Gasteiger partial charge in [-0.1, -0.05) is 29.3 Å². The fourth-order valence-corrected chi connectivity index (χ4v) is 2.72. The van der Waals surface area contributed by atoms with E-state index < -0.39 is 5.60 Å². The molecule has 1 aromatic carbocycles. The van der Waals surface area contributed by atoms with Crippen molar-refractivity contribution in [2.24, 2.45) is 0 Å². The molecule has 7 heteroatoms. The number of halogens is 2. The first-order valence-electron chi connectivity index (χ1n) is 7.85. The number of rotatable bonds is 2. The molecular formula is C17H22Cl2N2O3. The SMILES string of the molecule is CC(C)(C)OC(=O)N1CCN(C(=O)Cc2ccc(Cl)c(Cl)c2)CC1. The molecule has 0 aromatic heterocycles. The van der Waals surface area contributed by atoms with Crippen LogP contribution in [0.5, 0.6) is 0 Å². The van der Waals surface area contributed by atoms with Crippen molar-refractivity contribution in [3.63, 3.8) is 0 Å². The lowest BCUT2D eigenvalue weighted by Gasteiger charge is -2.35. The molecular weight excluding hydrogens is 351 g/mol. The lowest BCUT2D eigenvalue weighted by molar-refractivity contribution is -0.132. The van der Waals surface area contributed by atoms with Crippen LogP contribution in [0.3, 0.4) is 0 Å². The lowest BCUT2D eigenvalue weighted by atomic mass is 10.1. The van der Waals surface area contributed by atoms with E-state index in [1.54, 1.807) is 28.0 Å². The maximum atomic E-state index is 12.4. The van der Waals surface area contributed by atoms with Gasteiger partial charge in [0, 0.05) is 26.2 Å². The maximum Gasteiger partial charge on any atom is 0.410 e. The summed E-state index contributed by atoms with van der Waals surface area (Å²) >= 11 is 11.9. The van der Waals surface area contributed by atoms with Crippen molar-refractivity contribution in [1.82, 2.24) is 9.80 Å². The maximum absolute atomic E-state index is 12.4. The first-order valence-corrected chi connectivity index (χ1v) is 8.61. The van der Waals surface area contributed by atoms with Gasteiger partial charge in [-0.05, 0) is 38.5 Å². The van der Waals surface area contributed by atoms with E-state index in [1.165, 1.54) is 0 Å². The number of carbonyl (C=O) groups excluding carboxylic acids is 2. The van der Waals surface area contributed by atoms with Gasteiger partial charge >= 0.3 is 6.09 Å². The summed E-state index contributed by atoms with van der Waals surface area (Å²) in [4.78, 5) is 27.8. The van der Waals surface area contributed by atoms with Crippen LogP contribution in [0.1, 0.15) is 26.3 Å². The fraction of sp³-hybridized carbons (Fsp3) is 0.529. The van der Waals surface area contributed by atoms with Gasteiger partial charge in [-0.3, -0.25) is 4.79 Å². The standard InChI is InChI=1S/C17H22Cl2N2O3/c1-17(2,3)24-16(23)21-8-6-20(7-9-21)15(22)11-12-4-5-13(18)14(19)10-12/h4-5,10H,6-9,11H2,1-3H3. The van der Waals surface area contributed by atoms with Crippen molar-refractivity contribution in [2.45, 2.75) is 32.8 Å².